The van der Waals surface area contributed by atoms with Crippen LogP contribution in [0.1, 0.15) is 33.2 Å². The quantitative estimate of drug-likeness (QED) is 0.452. The van der Waals surface area contributed by atoms with Crippen LogP contribution >= 0.6 is 45.2 Å². The van der Waals surface area contributed by atoms with E-state index in [1.54, 1.807) is 18.2 Å². The Bertz CT molecular complexity index is 765. The molecule has 0 saturated carbocycles. The summed E-state index contributed by atoms with van der Waals surface area (Å²) in [4.78, 5) is 12.0. The zero-order valence-corrected chi connectivity index (χ0v) is 14.4. The third-order valence-electron chi connectivity index (χ3n) is 3.12. The van der Waals surface area contributed by atoms with Crippen LogP contribution in [0.3, 0.4) is 0 Å². The van der Waals surface area contributed by atoms with Crippen molar-refractivity contribution in [3.63, 3.8) is 0 Å². The summed E-state index contributed by atoms with van der Waals surface area (Å²) in [7, 11) is 0. The highest BCUT2D eigenvalue weighted by molar-refractivity contribution is 14.1. The highest BCUT2D eigenvalue weighted by Crippen LogP contribution is 2.39. The summed E-state index contributed by atoms with van der Waals surface area (Å²) in [6, 6.07) is 13.1. The number of halogens is 2. The summed E-state index contributed by atoms with van der Waals surface area (Å²) >= 11 is 4.41. The summed E-state index contributed by atoms with van der Waals surface area (Å²) in [5.74, 6) is -0.302. The minimum atomic E-state index is -0.422. The number of nitrogens with zero attached hydrogens (tertiary/aromatic N) is 1. The number of nitriles is 1. The van der Waals surface area contributed by atoms with Gasteiger partial charge in [0.25, 0.3) is 0 Å². The molecule has 0 saturated heterocycles. The molecule has 5 heteroatoms. The predicted octanol–water partition coefficient (Wildman–Crippen LogP) is 4.03. The summed E-state index contributed by atoms with van der Waals surface area (Å²) in [6.07, 6.45) is -0.422. The molecular formula is C15H7I2NO2. The van der Waals surface area contributed by atoms with Crippen molar-refractivity contribution in [3.8, 4) is 6.07 Å². The third-order valence-corrected chi connectivity index (χ3v) is 4.64. The molecule has 1 heterocycles. The maximum absolute atomic E-state index is 12.0. The lowest BCUT2D eigenvalue weighted by molar-refractivity contribution is 0.0455. The van der Waals surface area contributed by atoms with Crippen molar-refractivity contribution in [2.75, 3.05) is 0 Å². The van der Waals surface area contributed by atoms with E-state index in [9.17, 15) is 4.79 Å². The first-order valence-electron chi connectivity index (χ1n) is 5.80. The van der Waals surface area contributed by atoms with Crippen molar-refractivity contribution in [2.24, 2.45) is 0 Å². The van der Waals surface area contributed by atoms with Gasteiger partial charge in [0.05, 0.1) is 17.2 Å². The number of hydrogen-bond acceptors (Lipinski definition) is 3. The second-order valence-corrected chi connectivity index (χ2v) is 6.78. The van der Waals surface area contributed by atoms with Crippen molar-refractivity contribution < 1.29 is 9.53 Å². The maximum atomic E-state index is 12.0. The zero-order chi connectivity index (χ0) is 14.3. The van der Waals surface area contributed by atoms with E-state index in [-0.39, 0.29) is 5.97 Å². The van der Waals surface area contributed by atoms with Crippen LogP contribution in [0.2, 0.25) is 0 Å². The van der Waals surface area contributed by atoms with Crippen molar-refractivity contribution in [3.05, 3.63) is 65.8 Å². The molecule has 3 nitrogen and oxygen atoms in total. The predicted molar refractivity (Wildman–Crippen MR) is 90.3 cm³/mol. The fourth-order valence-corrected chi connectivity index (χ4v) is 4.38. The number of carbonyl (C=O) groups excluding carboxylic acids is 1. The first-order valence-corrected chi connectivity index (χ1v) is 7.96. The molecule has 0 spiro atoms. The third kappa shape index (κ3) is 2.31. The van der Waals surface area contributed by atoms with Gasteiger partial charge in [0.15, 0.2) is 6.10 Å². The van der Waals surface area contributed by atoms with E-state index in [4.69, 9.17) is 10.00 Å². The Kier molecular flexibility index (Phi) is 3.69. The van der Waals surface area contributed by atoms with Gasteiger partial charge in [-0.2, -0.15) is 5.26 Å². The second-order valence-electron chi connectivity index (χ2n) is 4.37. The molecule has 3 rings (SSSR count). The molecule has 1 aliphatic rings. The van der Waals surface area contributed by atoms with E-state index >= 15 is 0 Å². The number of ether oxygens (including phenoxy) is 1. The van der Waals surface area contributed by atoms with Gasteiger partial charge in [-0.05, 0) is 75.0 Å². The van der Waals surface area contributed by atoms with E-state index in [2.05, 4.69) is 51.3 Å². The van der Waals surface area contributed by atoms with Gasteiger partial charge in [-0.15, -0.1) is 0 Å². The molecule has 0 amide bonds. The molecule has 1 aliphatic heterocycles. The van der Waals surface area contributed by atoms with Crippen LogP contribution in [-0.4, -0.2) is 5.97 Å². The number of rotatable bonds is 1. The maximum Gasteiger partial charge on any atom is 0.339 e. The fourth-order valence-electron chi connectivity index (χ4n) is 2.26. The Hall–Kier alpha value is -1.14. The van der Waals surface area contributed by atoms with Crippen molar-refractivity contribution in [1.82, 2.24) is 0 Å². The SMILES string of the molecule is N#Cc1cccc(C2OC(=O)c3cc(I)cc(I)c32)c1. The Balaban J connectivity index is 2.16. The fraction of sp³-hybridized carbons (Fsp3) is 0.0667. The van der Waals surface area contributed by atoms with Crippen molar-refractivity contribution >= 4 is 51.2 Å². The average Bonchev–Trinajstić information content (AvgIpc) is 2.77. The average molecular weight is 487 g/mol. The molecule has 0 N–H and O–H groups in total. The van der Waals surface area contributed by atoms with Gasteiger partial charge < -0.3 is 4.74 Å². The van der Waals surface area contributed by atoms with E-state index in [1.807, 2.05) is 18.2 Å². The molecule has 0 bridgehead atoms. The summed E-state index contributed by atoms with van der Waals surface area (Å²) in [5.41, 5.74) is 2.91. The Morgan fingerprint density at radius 2 is 2.00 bits per heavy atom. The zero-order valence-electron chi connectivity index (χ0n) is 10.1. The Morgan fingerprint density at radius 1 is 1.20 bits per heavy atom. The molecule has 1 atom stereocenters. The van der Waals surface area contributed by atoms with Gasteiger partial charge >= 0.3 is 5.97 Å². The molecular weight excluding hydrogens is 480 g/mol. The van der Waals surface area contributed by atoms with Crippen LogP contribution in [0.25, 0.3) is 0 Å². The number of hydrogen-bond donors (Lipinski definition) is 0. The highest BCUT2D eigenvalue weighted by Gasteiger charge is 2.34. The van der Waals surface area contributed by atoms with Crippen LogP contribution < -0.4 is 0 Å². The van der Waals surface area contributed by atoms with E-state index in [0.29, 0.717) is 11.1 Å². The number of benzene rings is 2. The van der Waals surface area contributed by atoms with Crippen molar-refractivity contribution in [2.45, 2.75) is 6.10 Å². The monoisotopic (exact) mass is 487 g/mol. The van der Waals surface area contributed by atoms with Gasteiger partial charge in [-0.1, -0.05) is 12.1 Å². The summed E-state index contributed by atoms with van der Waals surface area (Å²) in [6.45, 7) is 0. The molecule has 98 valence electrons. The molecule has 0 aliphatic carbocycles. The lowest BCUT2D eigenvalue weighted by Crippen LogP contribution is -2.02. The van der Waals surface area contributed by atoms with E-state index < -0.39 is 6.10 Å². The van der Waals surface area contributed by atoms with Gasteiger partial charge in [0.2, 0.25) is 0 Å². The van der Waals surface area contributed by atoms with Gasteiger partial charge in [-0.25, -0.2) is 4.79 Å². The molecule has 0 aromatic heterocycles. The van der Waals surface area contributed by atoms with Crippen LogP contribution in [0.5, 0.6) is 0 Å². The topological polar surface area (TPSA) is 50.1 Å². The molecule has 2 aromatic carbocycles. The first-order chi connectivity index (χ1) is 9.60. The first kappa shape index (κ1) is 13.8. The normalized spacial score (nSPS) is 16.4. The molecule has 2 aromatic rings. The molecule has 1 unspecified atom stereocenters. The summed E-state index contributed by atoms with van der Waals surface area (Å²) in [5, 5.41) is 8.98. The lowest BCUT2D eigenvalue weighted by atomic mass is 9.98. The Morgan fingerprint density at radius 3 is 2.75 bits per heavy atom. The van der Waals surface area contributed by atoms with Gasteiger partial charge in [-0.3, -0.25) is 0 Å². The minimum absolute atomic E-state index is 0.302. The largest absolute Gasteiger partial charge is 0.449 e. The number of cyclic esters (lactones) is 1. The number of carbonyl (C=O) groups is 1. The van der Waals surface area contributed by atoms with Crippen LogP contribution in [0, 0.1) is 18.5 Å². The number of esters is 1. The lowest BCUT2D eigenvalue weighted by Gasteiger charge is -2.12. The highest BCUT2D eigenvalue weighted by atomic mass is 127. The van der Waals surface area contributed by atoms with Crippen LogP contribution in [-0.2, 0) is 4.74 Å². The standard InChI is InChI=1S/C15H7I2NO2/c16-10-5-11-13(12(17)6-10)14(20-15(11)19)9-3-1-2-8(4-9)7-18/h1-6,14H. The minimum Gasteiger partial charge on any atom is -0.449 e. The van der Waals surface area contributed by atoms with E-state index in [0.717, 1.165) is 18.3 Å². The molecule has 0 fully saturated rings. The smallest absolute Gasteiger partial charge is 0.339 e. The van der Waals surface area contributed by atoms with Gasteiger partial charge in [0, 0.05) is 12.7 Å². The van der Waals surface area contributed by atoms with Gasteiger partial charge in [0.1, 0.15) is 0 Å². The second kappa shape index (κ2) is 5.33. The van der Waals surface area contributed by atoms with E-state index in [1.165, 1.54) is 0 Å². The van der Waals surface area contributed by atoms with Crippen molar-refractivity contribution in [1.29, 1.82) is 5.26 Å². The Labute approximate surface area is 143 Å². The molecule has 20 heavy (non-hydrogen) atoms. The van der Waals surface area contributed by atoms with Crippen LogP contribution in [0.4, 0.5) is 0 Å². The number of fused-ring (bicyclic) bond motifs is 1. The van der Waals surface area contributed by atoms with Crippen LogP contribution in [0.15, 0.2) is 36.4 Å². The summed E-state index contributed by atoms with van der Waals surface area (Å²) < 4.78 is 7.51. The molecule has 0 radical (unpaired) electrons.